The molecule has 3 N–H and O–H groups in total. The summed E-state index contributed by atoms with van der Waals surface area (Å²) in [5, 5.41) is 1.18. The first-order valence-electron chi connectivity index (χ1n) is 9.23. The summed E-state index contributed by atoms with van der Waals surface area (Å²) in [6.07, 6.45) is 12.4. The number of H-pyrrole nitrogens is 1. The van der Waals surface area contributed by atoms with Crippen LogP contribution in [0.25, 0.3) is 10.9 Å². The standard InChI is InChI=1S/C9H9NO.C6H12.C5H9NO2.2H2/c1-11-8-2-3-9-7(6-8)4-5-10-9;1-2-4-6-5-3-1;6-5(7)4-2-1-3-8-4;;/h2-6,10H,1H3;1-6H2;4H,1-3H2,(H2,6,7);2*1H/t;;4-;;/m..0../s1. The summed E-state index contributed by atoms with van der Waals surface area (Å²) in [4.78, 5) is 13.4. The number of amides is 1. The van der Waals surface area contributed by atoms with Gasteiger partial charge in [0.05, 0.1) is 7.11 Å². The van der Waals surface area contributed by atoms with Gasteiger partial charge < -0.3 is 20.2 Å². The van der Waals surface area contributed by atoms with Crippen molar-refractivity contribution < 1.29 is 17.1 Å². The highest BCUT2D eigenvalue weighted by molar-refractivity contribution is 5.80. The molecule has 1 saturated carbocycles. The molecule has 2 aromatic rings. The Morgan fingerprint density at radius 1 is 1.16 bits per heavy atom. The minimum Gasteiger partial charge on any atom is -0.497 e. The minimum absolute atomic E-state index is 0. The topological polar surface area (TPSA) is 77.3 Å². The van der Waals surface area contributed by atoms with Gasteiger partial charge in [-0.05, 0) is 37.1 Å². The van der Waals surface area contributed by atoms with Crippen LogP contribution >= 0.6 is 0 Å². The maximum atomic E-state index is 10.3. The van der Waals surface area contributed by atoms with Crippen molar-refractivity contribution >= 4 is 16.8 Å². The van der Waals surface area contributed by atoms with Crippen molar-refractivity contribution in [1.82, 2.24) is 4.98 Å². The molecule has 1 amide bonds. The molecule has 2 fully saturated rings. The van der Waals surface area contributed by atoms with Crippen molar-refractivity contribution in [3.8, 4) is 5.75 Å². The Balaban J connectivity index is 0.000000379. The zero-order valence-electron chi connectivity index (χ0n) is 15.1. The summed E-state index contributed by atoms with van der Waals surface area (Å²) in [5.74, 6) is 0.569. The molecule has 0 bridgehead atoms. The van der Waals surface area contributed by atoms with Gasteiger partial charge in [0.25, 0.3) is 0 Å². The number of aromatic nitrogens is 1. The molecule has 4 rings (SSSR count). The summed E-state index contributed by atoms with van der Waals surface area (Å²) in [5.41, 5.74) is 6.08. The lowest BCUT2D eigenvalue weighted by atomic mass is 10.0. The molecule has 25 heavy (non-hydrogen) atoms. The largest absolute Gasteiger partial charge is 0.497 e. The fourth-order valence-corrected chi connectivity index (χ4v) is 3.02. The van der Waals surface area contributed by atoms with E-state index < -0.39 is 0 Å². The summed E-state index contributed by atoms with van der Waals surface area (Å²) < 4.78 is 10.0. The molecule has 5 heteroatoms. The second kappa shape index (κ2) is 10.8. The van der Waals surface area contributed by atoms with E-state index in [1.807, 2.05) is 30.5 Å². The summed E-state index contributed by atoms with van der Waals surface area (Å²) in [7, 11) is 1.67. The zero-order chi connectivity index (χ0) is 17.9. The van der Waals surface area contributed by atoms with Gasteiger partial charge in [-0.2, -0.15) is 0 Å². The molecule has 0 unspecified atom stereocenters. The number of aromatic amines is 1. The van der Waals surface area contributed by atoms with Crippen molar-refractivity contribution in [1.29, 1.82) is 0 Å². The number of hydrogen-bond acceptors (Lipinski definition) is 3. The van der Waals surface area contributed by atoms with E-state index in [9.17, 15) is 4.79 Å². The first kappa shape index (κ1) is 19.3. The molecule has 1 aromatic heterocycles. The zero-order valence-corrected chi connectivity index (χ0v) is 15.1. The smallest absolute Gasteiger partial charge is 0.246 e. The summed E-state index contributed by atoms with van der Waals surface area (Å²) >= 11 is 0. The van der Waals surface area contributed by atoms with E-state index in [-0.39, 0.29) is 14.9 Å². The highest BCUT2D eigenvalue weighted by Gasteiger charge is 2.19. The van der Waals surface area contributed by atoms with Crippen LogP contribution in [0.3, 0.4) is 0 Å². The third kappa shape index (κ3) is 6.78. The predicted octanol–water partition coefficient (Wildman–Crippen LogP) is 4.66. The molecule has 1 aromatic carbocycles. The number of benzene rings is 1. The SMILES string of the molecule is C1CCCCC1.COc1ccc2[nH]ccc2c1.NC(=O)[C@@H]1CCCO1.[HH].[HH]. The van der Waals surface area contributed by atoms with E-state index in [1.165, 1.54) is 43.9 Å². The molecular formula is C20H34N2O3. The van der Waals surface area contributed by atoms with Crippen molar-refractivity contribution in [2.45, 2.75) is 57.5 Å². The van der Waals surface area contributed by atoms with Gasteiger partial charge in [0.2, 0.25) is 5.91 Å². The molecule has 1 aliphatic heterocycles. The van der Waals surface area contributed by atoms with Crippen LogP contribution in [-0.4, -0.2) is 30.7 Å². The van der Waals surface area contributed by atoms with Crippen molar-refractivity contribution in [2.75, 3.05) is 13.7 Å². The number of rotatable bonds is 2. The second-order valence-corrected chi connectivity index (χ2v) is 6.46. The molecule has 2 aliphatic rings. The number of nitrogens with two attached hydrogens (primary N) is 1. The van der Waals surface area contributed by atoms with Crippen LogP contribution in [0.1, 0.15) is 54.2 Å². The van der Waals surface area contributed by atoms with E-state index in [1.54, 1.807) is 7.11 Å². The van der Waals surface area contributed by atoms with Gasteiger partial charge in [0.15, 0.2) is 0 Å². The monoisotopic (exact) mass is 350 g/mol. The predicted molar refractivity (Wildman–Crippen MR) is 105 cm³/mol. The number of ether oxygens (including phenoxy) is 2. The first-order chi connectivity index (χ1) is 12.2. The number of hydrogen-bond donors (Lipinski definition) is 2. The third-order valence-corrected chi connectivity index (χ3v) is 4.51. The average molecular weight is 351 g/mol. The molecular weight excluding hydrogens is 316 g/mol. The Morgan fingerprint density at radius 2 is 1.84 bits per heavy atom. The molecule has 142 valence electrons. The Bertz CT molecular complexity index is 627. The Labute approximate surface area is 152 Å². The molecule has 1 atom stereocenters. The van der Waals surface area contributed by atoms with Gasteiger partial charge in [0.1, 0.15) is 11.9 Å². The summed E-state index contributed by atoms with van der Waals surface area (Å²) in [6.45, 7) is 0.688. The Kier molecular flexibility index (Phi) is 8.32. The van der Waals surface area contributed by atoms with Crippen LogP contribution in [0, 0.1) is 0 Å². The van der Waals surface area contributed by atoms with E-state index in [4.69, 9.17) is 15.2 Å². The number of carbonyl (C=O) groups excluding carboxylic acids is 1. The number of methoxy groups -OCH3 is 1. The van der Waals surface area contributed by atoms with Crippen molar-refractivity contribution in [2.24, 2.45) is 5.73 Å². The van der Waals surface area contributed by atoms with Crippen LogP contribution in [0.2, 0.25) is 0 Å². The fraction of sp³-hybridized carbons (Fsp3) is 0.550. The fourth-order valence-electron chi connectivity index (χ4n) is 3.02. The van der Waals surface area contributed by atoms with Gasteiger partial charge in [0, 0.05) is 26.6 Å². The Hall–Kier alpha value is -2.01. The maximum Gasteiger partial charge on any atom is 0.246 e. The number of carbonyl (C=O) groups is 1. The van der Waals surface area contributed by atoms with Gasteiger partial charge in [-0.25, -0.2) is 0 Å². The molecule has 0 radical (unpaired) electrons. The number of nitrogens with one attached hydrogen (secondary N) is 1. The van der Waals surface area contributed by atoms with E-state index >= 15 is 0 Å². The van der Waals surface area contributed by atoms with Crippen LogP contribution in [0.5, 0.6) is 5.75 Å². The number of fused-ring (bicyclic) bond motifs is 1. The van der Waals surface area contributed by atoms with Gasteiger partial charge >= 0.3 is 0 Å². The van der Waals surface area contributed by atoms with E-state index in [0.717, 1.165) is 24.1 Å². The third-order valence-electron chi connectivity index (χ3n) is 4.51. The molecule has 2 heterocycles. The molecule has 1 aliphatic carbocycles. The van der Waals surface area contributed by atoms with Crippen LogP contribution in [0.15, 0.2) is 30.5 Å². The maximum absolute atomic E-state index is 10.3. The van der Waals surface area contributed by atoms with Crippen LogP contribution in [0.4, 0.5) is 0 Å². The molecule has 1 saturated heterocycles. The normalized spacial score (nSPS) is 19.3. The summed E-state index contributed by atoms with van der Waals surface area (Å²) in [6, 6.07) is 7.98. The van der Waals surface area contributed by atoms with Gasteiger partial charge in [-0.3, -0.25) is 4.79 Å². The highest BCUT2D eigenvalue weighted by atomic mass is 16.5. The highest BCUT2D eigenvalue weighted by Crippen LogP contribution is 2.18. The van der Waals surface area contributed by atoms with Crippen LogP contribution < -0.4 is 10.5 Å². The second-order valence-electron chi connectivity index (χ2n) is 6.46. The van der Waals surface area contributed by atoms with Crippen LogP contribution in [-0.2, 0) is 9.53 Å². The first-order valence-corrected chi connectivity index (χ1v) is 9.23. The lowest BCUT2D eigenvalue weighted by Crippen LogP contribution is -2.27. The average Bonchev–Trinajstić information content (AvgIpc) is 3.35. The molecule has 5 nitrogen and oxygen atoms in total. The van der Waals surface area contributed by atoms with Crippen molar-refractivity contribution in [3.05, 3.63) is 30.5 Å². The van der Waals surface area contributed by atoms with Gasteiger partial charge in [-0.1, -0.05) is 38.5 Å². The number of primary amides is 1. The van der Waals surface area contributed by atoms with Crippen molar-refractivity contribution in [3.63, 3.8) is 0 Å². The van der Waals surface area contributed by atoms with Gasteiger partial charge in [-0.15, -0.1) is 0 Å². The lowest BCUT2D eigenvalue weighted by Gasteiger charge is -2.05. The lowest BCUT2D eigenvalue weighted by molar-refractivity contribution is -0.126. The Morgan fingerprint density at radius 3 is 2.32 bits per heavy atom. The molecule has 0 spiro atoms. The minimum atomic E-state index is -0.331. The van der Waals surface area contributed by atoms with E-state index in [0.29, 0.717) is 6.61 Å². The quantitative estimate of drug-likeness (QED) is 0.827. The van der Waals surface area contributed by atoms with E-state index in [2.05, 4.69) is 4.98 Å².